The summed E-state index contributed by atoms with van der Waals surface area (Å²) in [6, 6.07) is 2.04. The first-order valence-electron chi connectivity index (χ1n) is 5.84. The summed E-state index contributed by atoms with van der Waals surface area (Å²) in [7, 11) is 0. The third kappa shape index (κ3) is 3.27. The van der Waals surface area contributed by atoms with E-state index in [4.69, 9.17) is 0 Å². The highest BCUT2D eigenvalue weighted by atomic mass is 14.9. The molecule has 0 radical (unpaired) electrons. The molecule has 0 spiro atoms. The molecule has 1 saturated heterocycles. The van der Waals surface area contributed by atoms with Crippen molar-refractivity contribution in [3.63, 3.8) is 0 Å². The summed E-state index contributed by atoms with van der Waals surface area (Å²) in [5, 5.41) is 3.40. The Labute approximate surface area is 91.3 Å². The van der Waals surface area contributed by atoms with Crippen molar-refractivity contribution >= 4 is 0 Å². The molecule has 1 aliphatic rings. The van der Waals surface area contributed by atoms with E-state index in [2.05, 4.69) is 15.3 Å². The second-order valence-electron chi connectivity index (χ2n) is 4.33. The smallest absolute Gasteiger partial charge is 0.125 e. The zero-order valence-corrected chi connectivity index (χ0v) is 9.37. The van der Waals surface area contributed by atoms with Gasteiger partial charge < -0.3 is 5.32 Å². The average Bonchev–Trinajstić information content (AvgIpc) is 2.28. The Morgan fingerprint density at radius 3 is 2.93 bits per heavy atom. The lowest BCUT2D eigenvalue weighted by atomic mass is 9.92. The molecule has 0 amide bonds. The van der Waals surface area contributed by atoms with Crippen molar-refractivity contribution in [2.75, 3.05) is 13.1 Å². The molecular formula is C12H19N3. The van der Waals surface area contributed by atoms with E-state index in [1.54, 1.807) is 0 Å². The largest absolute Gasteiger partial charge is 0.317 e. The number of aromatic nitrogens is 2. The van der Waals surface area contributed by atoms with Crippen molar-refractivity contribution in [2.45, 2.75) is 32.6 Å². The Hall–Kier alpha value is -0.960. The molecule has 2 rings (SSSR count). The molecular weight excluding hydrogens is 186 g/mol. The predicted molar refractivity (Wildman–Crippen MR) is 60.7 cm³/mol. The number of hydrogen-bond donors (Lipinski definition) is 1. The van der Waals surface area contributed by atoms with Gasteiger partial charge in [0.15, 0.2) is 0 Å². The van der Waals surface area contributed by atoms with Gasteiger partial charge in [0.05, 0.1) is 0 Å². The van der Waals surface area contributed by atoms with Crippen LogP contribution in [0.25, 0.3) is 0 Å². The first-order valence-corrected chi connectivity index (χ1v) is 5.84. The molecule has 0 aliphatic carbocycles. The van der Waals surface area contributed by atoms with Crippen LogP contribution in [0.1, 0.15) is 30.8 Å². The summed E-state index contributed by atoms with van der Waals surface area (Å²) >= 11 is 0. The fourth-order valence-corrected chi connectivity index (χ4v) is 2.17. The highest BCUT2D eigenvalue weighted by Crippen LogP contribution is 2.17. The molecule has 3 nitrogen and oxygen atoms in total. The van der Waals surface area contributed by atoms with Gasteiger partial charge in [-0.05, 0) is 57.7 Å². The third-order valence-corrected chi connectivity index (χ3v) is 3.10. The minimum absolute atomic E-state index is 0.887. The van der Waals surface area contributed by atoms with Crippen molar-refractivity contribution in [1.29, 1.82) is 0 Å². The lowest BCUT2D eigenvalue weighted by Crippen LogP contribution is -2.27. The highest BCUT2D eigenvalue weighted by molar-refractivity contribution is 5.01. The highest BCUT2D eigenvalue weighted by Gasteiger charge is 2.12. The number of nitrogens with zero attached hydrogens (tertiary/aromatic N) is 2. The number of hydrogen-bond acceptors (Lipinski definition) is 3. The number of aryl methyl sites for hydroxylation is 2. The van der Waals surface area contributed by atoms with Gasteiger partial charge in [-0.25, -0.2) is 9.97 Å². The molecule has 1 fully saturated rings. The molecule has 1 aromatic rings. The normalized spacial score (nSPS) is 17.9. The first kappa shape index (κ1) is 10.6. The second kappa shape index (κ2) is 5.21. The minimum Gasteiger partial charge on any atom is -0.317 e. The van der Waals surface area contributed by atoms with E-state index in [-0.39, 0.29) is 0 Å². The molecule has 1 N–H and O–H groups in total. The molecule has 1 aromatic heterocycles. The molecule has 3 heteroatoms. The molecule has 0 atom stereocenters. The van der Waals surface area contributed by atoms with E-state index in [9.17, 15) is 0 Å². The number of piperidine rings is 1. The van der Waals surface area contributed by atoms with Gasteiger partial charge >= 0.3 is 0 Å². The molecule has 1 aliphatic heterocycles. The van der Waals surface area contributed by atoms with Crippen LogP contribution < -0.4 is 5.32 Å². The molecule has 2 heterocycles. The predicted octanol–water partition coefficient (Wildman–Crippen LogP) is 1.72. The monoisotopic (exact) mass is 205 g/mol. The Morgan fingerprint density at radius 2 is 2.20 bits per heavy atom. The van der Waals surface area contributed by atoms with E-state index in [1.807, 2.05) is 19.2 Å². The lowest BCUT2D eigenvalue weighted by Gasteiger charge is -2.22. The molecule has 0 aromatic carbocycles. The Kier molecular flexibility index (Phi) is 3.67. The maximum Gasteiger partial charge on any atom is 0.125 e. The van der Waals surface area contributed by atoms with Crippen LogP contribution in [-0.2, 0) is 6.42 Å². The lowest BCUT2D eigenvalue weighted by molar-refractivity contribution is 0.353. The van der Waals surface area contributed by atoms with Gasteiger partial charge in [-0.15, -0.1) is 0 Å². The Balaban J connectivity index is 1.81. The van der Waals surface area contributed by atoms with Crippen LogP contribution in [-0.4, -0.2) is 23.1 Å². The molecule has 82 valence electrons. The molecule has 0 unspecified atom stereocenters. The third-order valence-electron chi connectivity index (χ3n) is 3.10. The van der Waals surface area contributed by atoms with Gasteiger partial charge in [0.1, 0.15) is 5.82 Å². The van der Waals surface area contributed by atoms with Gasteiger partial charge in [-0.1, -0.05) is 0 Å². The van der Waals surface area contributed by atoms with Gasteiger partial charge in [0.25, 0.3) is 0 Å². The van der Waals surface area contributed by atoms with Crippen molar-refractivity contribution in [3.8, 4) is 0 Å². The summed E-state index contributed by atoms with van der Waals surface area (Å²) in [5.41, 5.74) is 1.20. The minimum atomic E-state index is 0.887. The standard InChI is InChI=1S/C12H19N3/c1-10-14-9-6-12(15-10)3-2-11-4-7-13-8-5-11/h6,9,11,13H,2-5,7-8H2,1H3. The quantitative estimate of drug-likeness (QED) is 0.816. The summed E-state index contributed by atoms with van der Waals surface area (Å²) in [6.07, 6.45) is 6.89. The molecule has 15 heavy (non-hydrogen) atoms. The summed E-state index contributed by atoms with van der Waals surface area (Å²) in [4.78, 5) is 8.54. The maximum absolute atomic E-state index is 4.43. The van der Waals surface area contributed by atoms with Crippen molar-refractivity contribution in [2.24, 2.45) is 5.92 Å². The average molecular weight is 205 g/mol. The van der Waals surface area contributed by atoms with E-state index in [0.29, 0.717) is 0 Å². The zero-order valence-electron chi connectivity index (χ0n) is 9.37. The number of nitrogens with one attached hydrogen (secondary N) is 1. The van der Waals surface area contributed by atoms with Crippen LogP contribution in [0.15, 0.2) is 12.3 Å². The van der Waals surface area contributed by atoms with Crippen LogP contribution >= 0.6 is 0 Å². The van der Waals surface area contributed by atoms with Crippen LogP contribution in [0.2, 0.25) is 0 Å². The fraction of sp³-hybridized carbons (Fsp3) is 0.667. The van der Waals surface area contributed by atoms with Crippen LogP contribution in [0.3, 0.4) is 0 Å². The summed E-state index contributed by atoms with van der Waals surface area (Å²) < 4.78 is 0. The fourth-order valence-electron chi connectivity index (χ4n) is 2.17. The van der Waals surface area contributed by atoms with E-state index in [0.717, 1.165) is 18.2 Å². The SMILES string of the molecule is Cc1nccc(CCC2CCNCC2)n1. The Morgan fingerprint density at radius 1 is 1.40 bits per heavy atom. The van der Waals surface area contributed by atoms with E-state index >= 15 is 0 Å². The van der Waals surface area contributed by atoms with Crippen molar-refractivity contribution < 1.29 is 0 Å². The van der Waals surface area contributed by atoms with Gasteiger partial charge in [0.2, 0.25) is 0 Å². The number of rotatable bonds is 3. The van der Waals surface area contributed by atoms with Gasteiger partial charge in [-0.2, -0.15) is 0 Å². The van der Waals surface area contributed by atoms with E-state index in [1.165, 1.54) is 38.0 Å². The van der Waals surface area contributed by atoms with Crippen LogP contribution in [0.5, 0.6) is 0 Å². The maximum atomic E-state index is 4.43. The van der Waals surface area contributed by atoms with E-state index < -0.39 is 0 Å². The second-order valence-corrected chi connectivity index (χ2v) is 4.33. The van der Waals surface area contributed by atoms with Gasteiger partial charge in [-0.3, -0.25) is 0 Å². The van der Waals surface area contributed by atoms with Gasteiger partial charge in [0, 0.05) is 11.9 Å². The molecule has 0 saturated carbocycles. The topological polar surface area (TPSA) is 37.8 Å². The van der Waals surface area contributed by atoms with Crippen molar-refractivity contribution in [1.82, 2.24) is 15.3 Å². The van der Waals surface area contributed by atoms with Crippen LogP contribution in [0, 0.1) is 12.8 Å². The Bertz CT molecular complexity index is 305. The summed E-state index contributed by atoms with van der Waals surface area (Å²) in [5.74, 6) is 1.78. The van der Waals surface area contributed by atoms with Crippen LogP contribution in [0.4, 0.5) is 0 Å². The molecule has 0 bridgehead atoms. The zero-order chi connectivity index (χ0) is 10.5. The van der Waals surface area contributed by atoms with Crippen molar-refractivity contribution in [3.05, 3.63) is 23.8 Å². The summed E-state index contributed by atoms with van der Waals surface area (Å²) in [6.45, 7) is 4.33. The first-order chi connectivity index (χ1) is 7.34.